The van der Waals surface area contributed by atoms with Gasteiger partial charge in [0.2, 0.25) is 0 Å². The SMILES string of the molecule is COc1cc(NC(=O)NC(=O)c2c(F)cccc2F)ccc1SC(F)(F)F. The summed E-state index contributed by atoms with van der Waals surface area (Å²) in [6.45, 7) is 0. The Morgan fingerprint density at radius 3 is 2.26 bits per heavy atom. The summed E-state index contributed by atoms with van der Waals surface area (Å²) < 4.78 is 69.3. The van der Waals surface area contributed by atoms with Crippen molar-refractivity contribution in [1.82, 2.24) is 5.32 Å². The Bertz CT molecular complexity index is 853. The Morgan fingerprint density at radius 2 is 1.70 bits per heavy atom. The van der Waals surface area contributed by atoms with E-state index in [9.17, 15) is 31.5 Å². The molecule has 0 aliphatic carbocycles. The zero-order valence-electron chi connectivity index (χ0n) is 13.5. The Kier molecular flexibility index (Phi) is 6.26. The number of methoxy groups -OCH3 is 1. The van der Waals surface area contributed by atoms with E-state index in [2.05, 4.69) is 5.32 Å². The summed E-state index contributed by atoms with van der Waals surface area (Å²) in [7, 11) is 1.14. The third-order valence-electron chi connectivity index (χ3n) is 3.06. The Balaban J connectivity index is 2.10. The molecular formula is C16H11F5N2O3S. The first-order valence-corrected chi connectivity index (χ1v) is 7.92. The van der Waals surface area contributed by atoms with Crippen LogP contribution in [-0.2, 0) is 0 Å². The minimum absolute atomic E-state index is 0.00215. The lowest BCUT2D eigenvalue weighted by Gasteiger charge is -2.13. The molecule has 0 bridgehead atoms. The van der Waals surface area contributed by atoms with Crippen molar-refractivity contribution in [2.24, 2.45) is 0 Å². The van der Waals surface area contributed by atoms with Crippen LogP contribution in [0, 0.1) is 11.6 Å². The van der Waals surface area contributed by atoms with Gasteiger partial charge in [0.15, 0.2) is 0 Å². The largest absolute Gasteiger partial charge is 0.496 e. The second kappa shape index (κ2) is 8.25. The smallest absolute Gasteiger partial charge is 0.446 e. The molecule has 2 aromatic rings. The number of rotatable bonds is 4. The molecule has 0 unspecified atom stereocenters. The van der Waals surface area contributed by atoms with Crippen molar-refractivity contribution >= 4 is 29.4 Å². The number of hydrogen-bond donors (Lipinski definition) is 2. The topological polar surface area (TPSA) is 67.4 Å². The molecule has 11 heteroatoms. The number of carbonyl (C=O) groups is 2. The molecule has 0 fully saturated rings. The van der Waals surface area contributed by atoms with Gasteiger partial charge in [0.05, 0.1) is 12.0 Å². The second-order valence-electron chi connectivity index (χ2n) is 4.92. The highest BCUT2D eigenvalue weighted by Gasteiger charge is 2.31. The zero-order chi connectivity index (χ0) is 20.2. The van der Waals surface area contributed by atoms with Crippen molar-refractivity contribution in [2.45, 2.75) is 10.4 Å². The number of anilines is 1. The molecule has 0 aromatic heterocycles. The maximum Gasteiger partial charge on any atom is 0.446 e. The number of hydrogen-bond acceptors (Lipinski definition) is 4. The molecule has 0 saturated heterocycles. The highest BCUT2D eigenvalue weighted by Crippen LogP contribution is 2.42. The predicted molar refractivity (Wildman–Crippen MR) is 87.7 cm³/mol. The van der Waals surface area contributed by atoms with Gasteiger partial charge in [0.25, 0.3) is 5.91 Å². The predicted octanol–water partition coefficient (Wildman–Crippen LogP) is 4.55. The van der Waals surface area contributed by atoms with Crippen LogP contribution >= 0.6 is 11.8 Å². The van der Waals surface area contributed by atoms with Crippen LogP contribution in [0.5, 0.6) is 5.75 Å². The number of alkyl halides is 3. The molecule has 0 radical (unpaired) electrons. The van der Waals surface area contributed by atoms with Crippen LogP contribution in [0.25, 0.3) is 0 Å². The van der Waals surface area contributed by atoms with Crippen molar-refractivity contribution < 1.29 is 36.3 Å². The van der Waals surface area contributed by atoms with E-state index in [0.29, 0.717) is 0 Å². The highest BCUT2D eigenvalue weighted by atomic mass is 32.2. The summed E-state index contributed by atoms with van der Waals surface area (Å²) in [6.07, 6.45) is 0. The number of nitrogens with one attached hydrogen (secondary N) is 2. The number of benzene rings is 2. The van der Waals surface area contributed by atoms with Crippen molar-refractivity contribution in [2.75, 3.05) is 12.4 Å². The van der Waals surface area contributed by atoms with Crippen LogP contribution in [0.15, 0.2) is 41.3 Å². The lowest BCUT2D eigenvalue weighted by Crippen LogP contribution is -2.35. The molecule has 0 heterocycles. The van der Waals surface area contributed by atoms with Gasteiger partial charge in [-0.05, 0) is 36.0 Å². The maximum absolute atomic E-state index is 13.5. The van der Waals surface area contributed by atoms with E-state index in [4.69, 9.17) is 4.74 Å². The maximum atomic E-state index is 13.5. The number of urea groups is 1. The molecule has 3 amide bonds. The van der Waals surface area contributed by atoms with Crippen molar-refractivity contribution in [3.8, 4) is 5.75 Å². The first-order valence-electron chi connectivity index (χ1n) is 7.11. The molecule has 0 atom stereocenters. The molecule has 0 aliphatic heterocycles. The molecular weight excluding hydrogens is 395 g/mol. The van der Waals surface area contributed by atoms with Crippen LogP contribution in [0.4, 0.5) is 32.4 Å². The molecule has 5 nitrogen and oxygen atoms in total. The average molecular weight is 406 g/mol. The summed E-state index contributed by atoms with van der Waals surface area (Å²) in [4.78, 5) is 23.4. The summed E-state index contributed by atoms with van der Waals surface area (Å²) in [5.41, 5.74) is -5.48. The Labute approximate surface area is 153 Å². The van der Waals surface area contributed by atoms with Gasteiger partial charge in [0, 0.05) is 11.8 Å². The molecule has 0 saturated carbocycles. The second-order valence-corrected chi connectivity index (χ2v) is 6.03. The van der Waals surface area contributed by atoms with Crippen LogP contribution in [0.3, 0.4) is 0 Å². The first-order chi connectivity index (χ1) is 12.6. The van der Waals surface area contributed by atoms with Crippen LogP contribution in [0.2, 0.25) is 0 Å². The van der Waals surface area contributed by atoms with E-state index in [1.54, 1.807) is 5.32 Å². The Morgan fingerprint density at radius 1 is 1.07 bits per heavy atom. The van der Waals surface area contributed by atoms with Crippen molar-refractivity contribution in [1.29, 1.82) is 0 Å². The van der Waals surface area contributed by atoms with E-state index >= 15 is 0 Å². The minimum atomic E-state index is -4.53. The first kappa shape index (κ1) is 20.5. The van der Waals surface area contributed by atoms with Gasteiger partial charge in [-0.15, -0.1) is 0 Å². The van der Waals surface area contributed by atoms with E-state index < -0.39 is 46.4 Å². The number of carbonyl (C=O) groups excluding carboxylic acids is 2. The van der Waals surface area contributed by atoms with Crippen molar-refractivity contribution in [3.63, 3.8) is 0 Å². The lowest BCUT2D eigenvalue weighted by molar-refractivity contribution is -0.0329. The summed E-state index contributed by atoms with van der Waals surface area (Å²) >= 11 is -0.400. The fourth-order valence-corrected chi connectivity index (χ4v) is 2.63. The van der Waals surface area contributed by atoms with Gasteiger partial charge in [0.1, 0.15) is 22.9 Å². The van der Waals surface area contributed by atoms with E-state index in [1.807, 2.05) is 0 Å². The fraction of sp³-hybridized carbons (Fsp3) is 0.125. The molecule has 2 N–H and O–H groups in total. The van der Waals surface area contributed by atoms with Gasteiger partial charge >= 0.3 is 11.5 Å². The minimum Gasteiger partial charge on any atom is -0.496 e. The van der Waals surface area contributed by atoms with Gasteiger partial charge in [-0.1, -0.05) is 6.07 Å². The van der Waals surface area contributed by atoms with Crippen LogP contribution in [0.1, 0.15) is 10.4 Å². The molecule has 144 valence electrons. The van der Waals surface area contributed by atoms with Crippen LogP contribution in [-0.4, -0.2) is 24.6 Å². The van der Waals surface area contributed by atoms with Crippen molar-refractivity contribution in [3.05, 3.63) is 53.6 Å². The third kappa shape index (κ3) is 5.58. The van der Waals surface area contributed by atoms with Gasteiger partial charge in [-0.2, -0.15) is 13.2 Å². The number of thioether (sulfide) groups is 1. The standard InChI is InChI=1S/C16H11F5N2O3S/c1-26-11-7-8(5-6-12(11)27-16(19,20)21)22-15(25)23-14(24)13-9(17)3-2-4-10(13)18/h2-7H,1H3,(H2,22,23,24,25). The zero-order valence-corrected chi connectivity index (χ0v) is 14.3. The molecule has 0 spiro atoms. The number of imide groups is 1. The monoisotopic (exact) mass is 406 g/mol. The molecule has 0 aliphatic rings. The van der Waals surface area contributed by atoms with Crippen LogP contribution < -0.4 is 15.4 Å². The molecule has 2 aromatic carbocycles. The molecule has 2 rings (SSSR count). The van der Waals surface area contributed by atoms with Gasteiger partial charge < -0.3 is 10.1 Å². The van der Waals surface area contributed by atoms with E-state index in [1.165, 1.54) is 0 Å². The lowest BCUT2D eigenvalue weighted by atomic mass is 10.2. The van der Waals surface area contributed by atoms with Gasteiger partial charge in [-0.3, -0.25) is 10.1 Å². The number of ether oxygens (including phenoxy) is 1. The fourth-order valence-electron chi connectivity index (χ4n) is 2.00. The number of amides is 3. The highest BCUT2D eigenvalue weighted by molar-refractivity contribution is 8.00. The van der Waals surface area contributed by atoms with Gasteiger partial charge in [-0.25, -0.2) is 13.6 Å². The summed E-state index contributed by atoms with van der Waals surface area (Å²) in [5, 5.41) is 3.88. The number of halogens is 5. The quantitative estimate of drug-likeness (QED) is 0.578. The normalized spacial score (nSPS) is 11.0. The summed E-state index contributed by atoms with van der Waals surface area (Å²) in [5.74, 6) is -3.80. The van der Waals surface area contributed by atoms with E-state index in [0.717, 1.165) is 43.5 Å². The Hall–Kier alpha value is -2.82. The summed E-state index contributed by atoms with van der Waals surface area (Å²) in [6, 6.07) is 4.90. The third-order valence-corrected chi connectivity index (χ3v) is 3.85. The molecule has 27 heavy (non-hydrogen) atoms. The van der Waals surface area contributed by atoms with E-state index in [-0.39, 0.29) is 16.3 Å². The average Bonchev–Trinajstić information content (AvgIpc) is 2.54.